The number of benzene rings is 2. The minimum atomic E-state index is -0.300. The molecule has 0 spiro atoms. The number of aliphatic hydroxyl groups is 2. The molecular weight excluding hydrogens is 333 g/mol. The van der Waals surface area contributed by atoms with E-state index in [-0.39, 0.29) is 25.0 Å². The van der Waals surface area contributed by atoms with Crippen LogP contribution < -0.4 is 0 Å². The molecule has 6 heteroatoms. The summed E-state index contributed by atoms with van der Waals surface area (Å²) in [5, 5.41) is 26.5. The minimum absolute atomic E-state index is 0.0614. The van der Waals surface area contributed by atoms with Crippen molar-refractivity contribution in [2.24, 2.45) is 4.99 Å². The molecule has 2 aromatic carbocycles. The molecule has 0 saturated heterocycles. The molecule has 3 N–H and O–H groups in total. The summed E-state index contributed by atoms with van der Waals surface area (Å²) < 4.78 is 8.19. The Morgan fingerprint density at radius 2 is 1.57 bits per heavy atom. The van der Waals surface area contributed by atoms with Crippen LogP contribution in [0.3, 0.4) is 0 Å². The molecule has 123 valence electrons. The van der Waals surface area contributed by atoms with Crippen molar-refractivity contribution < 1.29 is 36.4 Å². The van der Waals surface area contributed by atoms with Crippen LogP contribution in [0.2, 0.25) is 0 Å². The quantitative estimate of drug-likeness (QED) is 0.736. The van der Waals surface area contributed by atoms with Gasteiger partial charge in [-0.15, -0.1) is 0 Å². The van der Waals surface area contributed by atoms with E-state index in [1.807, 2.05) is 36.4 Å². The SMILES string of the molecule is CCO.OC[C@H](N=Cc1ccccc1O)c1ccccc1.[O]=[V]. The van der Waals surface area contributed by atoms with Crippen LogP contribution in [0.25, 0.3) is 0 Å². The summed E-state index contributed by atoms with van der Waals surface area (Å²) in [5.41, 5.74) is 1.60. The summed E-state index contributed by atoms with van der Waals surface area (Å²) in [4.78, 5) is 4.31. The van der Waals surface area contributed by atoms with E-state index in [1.165, 1.54) is 0 Å². The van der Waals surface area contributed by atoms with E-state index in [2.05, 4.69) is 4.99 Å². The maximum absolute atomic E-state index is 9.61. The number of rotatable bonds is 4. The van der Waals surface area contributed by atoms with E-state index in [4.69, 9.17) is 8.78 Å². The summed E-state index contributed by atoms with van der Waals surface area (Å²) in [5.74, 6) is 0.186. The molecule has 0 aromatic heterocycles. The van der Waals surface area contributed by atoms with E-state index in [9.17, 15) is 10.2 Å². The molecule has 0 aliphatic rings. The van der Waals surface area contributed by atoms with Gasteiger partial charge in [-0.3, -0.25) is 4.99 Å². The number of hydrogen-bond acceptors (Lipinski definition) is 5. The Morgan fingerprint density at radius 3 is 2.09 bits per heavy atom. The second-order valence-electron chi connectivity index (χ2n) is 4.26. The van der Waals surface area contributed by atoms with E-state index >= 15 is 0 Å². The number of nitrogens with zero attached hydrogens (tertiary/aromatic N) is 1. The Hall–Kier alpha value is -1.79. The Bertz CT molecular complexity index is 564. The zero-order valence-electron chi connectivity index (χ0n) is 12.9. The van der Waals surface area contributed by atoms with Crippen molar-refractivity contribution in [3.8, 4) is 5.75 Å². The number of hydrogen-bond donors (Lipinski definition) is 3. The first-order chi connectivity index (χ1) is 11.2. The summed E-state index contributed by atoms with van der Waals surface area (Å²) in [6, 6.07) is 16.3. The van der Waals surface area contributed by atoms with Gasteiger partial charge < -0.3 is 15.3 Å². The van der Waals surface area contributed by atoms with E-state index in [0.29, 0.717) is 5.56 Å². The monoisotopic (exact) mass is 354 g/mol. The molecule has 0 aliphatic carbocycles. The standard InChI is InChI=1S/C15H15NO2.C2H6O.O.V/c17-11-14(12-6-2-1-3-7-12)16-10-13-8-4-5-9-15(13)18;1-2-3;;/h1-10,14,17-18H,11H2;3H,2H2,1H3;;/t14-;;;/m0.../s1. The van der Waals surface area contributed by atoms with Gasteiger partial charge in [0.2, 0.25) is 0 Å². The molecule has 5 nitrogen and oxygen atoms in total. The average Bonchev–Trinajstić information content (AvgIpc) is 2.60. The van der Waals surface area contributed by atoms with Crippen LogP contribution in [0, 0.1) is 0 Å². The van der Waals surface area contributed by atoms with Crippen molar-refractivity contribution in [1.82, 2.24) is 0 Å². The van der Waals surface area contributed by atoms with Gasteiger partial charge in [-0.2, -0.15) is 0 Å². The van der Waals surface area contributed by atoms with Gasteiger partial charge in [0.15, 0.2) is 0 Å². The van der Waals surface area contributed by atoms with Crippen molar-refractivity contribution >= 4 is 6.21 Å². The third-order valence-corrected chi connectivity index (χ3v) is 2.69. The number of phenolic OH excluding ortho intramolecular Hbond substituents is 1. The van der Waals surface area contributed by atoms with Crippen LogP contribution >= 0.6 is 0 Å². The topological polar surface area (TPSA) is 90.1 Å². The molecule has 0 radical (unpaired) electrons. The van der Waals surface area contributed by atoms with Crippen molar-refractivity contribution in [2.75, 3.05) is 13.2 Å². The Morgan fingerprint density at radius 1 is 1.04 bits per heavy atom. The predicted molar refractivity (Wildman–Crippen MR) is 85.4 cm³/mol. The van der Waals surface area contributed by atoms with E-state index < -0.39 is 0 Å². The van der Waals surface area contributed by atoms with Crippen LogP contribution in [-0.4, -0.2) is 34.7 Å². The van der Waals surface area contributed by atoms with Crippen molar-refractivity contribution in [1.29, 1.82) is 0 Å². The van der Waals surface area contributed by atoms with Gasteiger partial charge in [0.1, 0.15) is 5.75 Å². The summed E-state index contributed by atoms with van der Waals surface area (Å²) in [6.07, 6.45) is 1.59. The van der Waals surface area contributed by atoms with Gasteiger partial charge in [-0.05, 0) is 24.6 Å². The molecule has 0 aliphatic heterocycles. The molecule has 0 unspecified atom stereocenters. The molecule has 0 fully saturated rings. The molecular formula is C17H21NO4V. The number of aliphatic imine (C=N–C) groups is 1. The Kier molecular flexibility index (Phi) is 12.8. The number of aliphatic hydroxyl groups excluding tert-OH is 2. The van der Waals surface area contributed by atoms with Crippen molar-refractivity contribution in [3.05, 3.63) is 65.7 Å². The van der Waals surface area contributed by atoms with Crippen LogP contribution in [0.15, 0.2) is 59.6 Å². The molecule has 2 rings (SSSR count). The third-order valence-electron chi connectivity index (χ3n) is 2.69. The fourth-order valence-electron chi connectivity index (χ4n) is 1.68. The predicted octanol–water partition coefficient (Wildman–Crippen LogP) is 2.42. The van der Waals surface area contributed by atoms with Gasteiger partial charge in [0.25, 0.3) is 0 Å². The zero-order chi connectivity index (χ0) is 17.5. The number of aromatic hydroxyl groups is 1. The van der Waals surface area contributed by atoms with Crippen molar-refractivity contribution in [2.45, 2.75) is 13.0 Å². The first kappa shape index (κ1) is 21.2. The van der Waals surface area contributed by atoms with Crippen LogP contribution in [0.1, 0.15) is 24.1 Å². The first-order valence-electron chi connectivity index (χ1n) is 6.99. The zero-order valence-corrected chi connectivity index (χ0v) is 14.3. The first-order valence-corrected chi connectivity index (χ1v) is 7.56. The molecule has 0 amide bonds. The van der Waals surface area contributed by atoms with Crippen LogP contribution in [-0.2, 0) is 21.0 Å². The maximum atomic E-state index is 9.61. The number of phenols is 1. The fraction of sp³-hybridized carbons (Fsp3) is 0.235. The molecule has 2 aromatic rings. The molecule has 1 atom stereocenters. The number of para-hydroxylation sites is 1. The average molecular weight is 354 g/mol. The molecule has 23 heavy (non-hydrogen) atoms. The normalized spacial score (nSPS) is 10.9. The molecule has 0 bridgehead atoms. The molecule has 0 heterocycles. The summed E-state index contributed by atoms with van der Waals surface area (Å²) >= 11 is 1.06. The fourth-order valence-corrected chi connectivity index (χ4v) is 1.68. The van der Waals surface area contributed by atoms with Crippen molar-refractivity contribution in [3.63, 3.8) is 0 Å². The van der Waals surface area contributed by atoms with E-state index in [1.54, 1.807) is 31.3 Å². The van der Waals surface area contributed by atoms with Crippen LogP contribution in [0.5, 0.6) is 5.75 Å². The second kappa shape index (κ2) is 13.8. The van der Waals surface area contributed by atoms with Crippen LogP contribution in [0.4, 0.5) is 0 Å². The summed E-state index contributed by atoms with van der Waals surface area (Å²) in [7, 11) is 0. The van der Waals surface area contributed by atoms with Gasteiger partial charge in [-0.1, -0.05) is 42.5 Å². The third kappa shape index (κ3) is 8.42. The van der Waals surface area contributed by atoms with Gasteiger partial charge in [-0.25, -0.2) is 0 Å². The molecule has 0 saturated carbocycles. The van der Waals surface area contributed by atoms with Gasteiger partial charge in [0.05, 0.1) is 12.6 Å². The second-order valence-corrected chi connectivity index (χ2v) is 4.26. The van der Waals surface area contributed by atoms with Gasteiger partial charge in [0, 0.05) is 18.4 Å². The Balaban J connectivity index is 0.000000868. The Labute approximate surface area is 145 Å². The summed E-state index contributed by atoms with van der Waals surface area (Å²) in [6.45, 7) is 1.87. The van der Waals surface area contributed by atoms with E-state index in [0.717, 1.165) is 22.9 Å². The van der Waals surface area contributed by atoms with Gasteiger partial charge >= 0.3 is 21.0 Å².